The first kappa shape index (κ1) is 17.4. The van der Waals surface area contributed by atoms with Gasteiger partial charge in [0.05, 0.1) is 10.4 Å². The van der Waals surface area contributed by atoms with Crippen LogP contribution in [0.3, 0.4) is 0 Å². The highest BCUT2D eigenvalue weighted by atomic mass is 79.9. The van der Waals surface area contributed by atoms with Crippen LogP contribution >= 0.6 is 27.7 Å². The van der Waals surface area contributed by atoms with Gasteiger partial charge in [0.1, 0.15) is 0 Å². The highest BCUT2D eigenvalue weighted by molar-refractivity contribution is 9.10. The molecule has 0 fully saturated rings. The largest absolute Gasteiger partial charge is 0.446 e. The number of carbonyl (C=O) groups excluding carboxylic acids is 1. The predicted molar refractivity (Wildman–Crippen MR) is 66.1 cm³/mol. The summed E-state index contributed by atoms with van der Waals surface area (Å²) < 4.78 is 74.6. The Kier molecular flexibility index (Phi) is 5.18. The maximum absolute atomic E-state index is 12.6. The van der Waals surface area contributed by atoms with Gasteiger partial charge in [-0.1, -0.05) is 15.9 Å². The van der Waals surface area contributed by atoms with Crippen molar-refractivity contribution in [2.45, 2.75) is 28.3 Å². The van der Waals surface area contributed by atoms with Crippen LogP contribution in [-0.2, 0) is 6.18 Å². The van der Waals surface area contributed by atoms with Gasteiger partial charge in [0.25, 0.3) is 0 Å². The molecule has 0 aliphatic carbocycles. The molecule has 9 heteroatoms. The number of benzene rings is 1. The minimum absolute atomic E-state index is 0.369. The normalized spacial score (nSPS) is 14.2. The van der Waals surface area contributed by atoms with Gasteiger partial charge < -0.3 is 0 Å². The molecule has 0 N–H and O–H groups in total. The molecule has 1 aromatic rings. The molecule has 1 atom stereocenters. The van der Waals surface area contributed by atoms with Crippen LogP contribution in [-0.4, -0.2) is 16.1 Å². The van der Waals surface area contributed by atoms with E-state index in [4.69, 9.17) is 0 Å². The first-order valence-corrected chi connectivity index (χ1v) is 6.79. The standard InChI is InChI=1S/C11H7BrF6OS/c1-5(12)9(19)6-2-7(10(13,14)15)4-8(3-6)20-11(16,17)18/h2-5H,1H3. The third kappa shape index (κ3) is 5.01. The van der Waals surface area contributed by atoms with Crippen molar-refractivity contribution in [1.82, 2.24) is 0 Å². The number of carbonyl (C=O) groups is 1. The maximum Gasteiger partial charge on any atom is 0.446 e. The summed E-state index contributed by atoms with van der Waals surface area (Å²) in [5.41, 5.74) is -6.44. The molecule has 0 saturated carbocycles. The Morgan fingerprint density at radius 2 is 1.70 bits per heavy atom. The third-order valence-electron chi connectivity index (χ3n) is 2.11. The summed E-state index contributed by atoms with van der Waals surface area (Å²) in [4.78, 5) is 10.2. The second kappa shape index (κ2) is 5.97. The summed E-state index contributed by atoms with van der Waals surface area (Å²) in [6, 6.07) is 1.71. The molecule has 0 saturated heterocycles. The monoisotopic (exact) mass is 380 g/mol. The average molecular weight is 381 g/mol. The van der Waals surface area contributed by atoms with Crippen molar-refractivity contribution in [2.24, 2.45) is 0 Å². The van der Waals surface area contributed by atoms with Gasteiger partial charge in [-0.25, -0.2) is 0 Å². The third-order valence-corrected chi connectivity index (χ3v) is 3.23. The molecule has 0 heterocycles. The Morgan fingerprint density at radius 3 is 2.10 bits per heavy atom. The number of thioether (sulfide) groups is 1. The molecule has 1 unspecified atom stereocenters. The van der Waals surface area contributed by atoms with Crippen molar-refractivity contribution in [1.29, 1.82) is 0 Å². The highest BCUT2D eigenvalue weighted by Gasteiger charge is 2.35. The van der Waals surface area contributed by atoms with Crippen molar-refractivity contribution >= 4 is 33.5 Å². The zero-order valence-corrected chi connectivity index (χ0v) is 12.2. The number of ketones is 1. The van der Waals surface area contributed by atoms with Crippen LogP contribution in [0.15, 0.2) is 23.1 Å². The Labute approximate surface area is 122 Å². The molecule has 0 amide bonds. The van der Waals surface area contributed by atoms with Gasteiger partial charge in [0, 0.05) is 10.5 Å². The van der Waals surface area contributed by atoms with E-state index < -0.39 is 50.1 Å². The number of alkyl halides is 7. The Morgan fingerprint density at radius 1 is 1.15 bits per heavy atom. The van der Waals surface area contributed by atoms with Gasteiger partial charge in [-0.2, -0.15) is 26.3 Å². The van der Waals surface area contributed by atoms with Crippen LogP contribution in [0.1, 0.15) is 22.8 Å². The van der Waals surface area contributed by atoms with Crippen molar-refractivity contribution in [3.05, 3.63) is 29.3 Å². The molecule has 1 rings (SSSR count). The smallest absolute Gasteiger partial charge is 0.293 e. The topological polar surface area (TPSA) is 17.1 Å². The zero-order valence-electron chi connectivity index (χ0n) is 9.77. The minimum atomic E-state index is -4.83. The number of Topliss-reactive ketones (excluding diaryl/α,β-unsaturated/α-hetero) is 1. The van der Waals surface area contributed by atoms with Crippen LogP contribution < -0.4 is 0 Å². The molecule has 1 nitrogen and oxygen atoms in total. The molecule has 112 valence electrons. The van der Waals surface area contributed by atoms with Crippen molar-refractivity contribution in [2.75, 3.05) is 0 Å². The van der Waals surface area contributed by atoms with Gasteiger partial charge in [-0.15, -0.1) is 0 Å². The first-order valence-electron chi connectivity index (χ1n) is 5.06. The van der Waals surface area contributed by atoms with Gasteiger partial charge in [0.15, 0.2) is 5.78 Å². The van der Waals surface area contributed by atoms with E-state index in [1.807, 2.05) is 0 Å². The lowest BCUT2D eigenvalue weighted by Crippen LogP contribution is -2.13. The number of rotatable bonds is 3. The fourth-order valence-electron chi connectivity index (χ4n) is 1.33. The second-order valence-corrected chi connectivity index (χ2v) is 6.28. The van der Waals surface area contributed by atoms with E-state index in [0.29, 0.717) is 12.1 Å². The molecule has 0 bridgehead atoms. The maximum atomic E-state index is 12.6. The van der Waals surface area contributed by atoms with Crippen molar-refractivity contribution in [3.63, 3.8) is 0 Å². The number of halogens is 7. The second-order valence-electron chi connectivity index (χ2n) is 3.77. The highest BCUT2D eigenvalue weighted by Crippen LogP contribution is 2.40. The van der Waals surface area contributed by atoms with Gasteiger partial charge >= 0.3 is 11.7 Å². The fourth-order valence-corrected chi connectivity index (χ4v) is 2.23. The molecule has 0 spiro atoms. The summed E-state index contributed by atoms with van der Waals surface area (Å²) in [5, 5.41) is 0. The summed E-state index contributed by atoms with van der Waals surface area (Å²) in [6.45, 7) is 1.37. The zero-order chi connectivity index (χ0) is 15.7. The SMILES string of the molecule is CC(Br)C(=O)c1cc(SC(F)(F)F)cc(C(F)(F)F)c1. The van der Waals surface area contributed by atoms with Gasteiger partial charge in [0.2, 0.25) is 0 Å². The average Bonchev–Trinajstić information content (AvgIpc) is 2.23. The Balaban J connectivity index is 3.32. The van der Waals surface area contributed by atoms with Gasteiger partial charge in [-0.05, 0) is 36.9 Å². The molecule has 0 aromatic heterocycles. The summed E-state index contributed by atoms with van der Waals surface area (Å²) in [6.07, 6.45) is -4.83. The molecule has 0 aliphatic rings. The molecule has 20 heavy (non-hydrogen) atoms. The van der Waals surface area contributed by atoms with E-state index in [0.717, 1.165) is 6.07 Å². The lowest BCUT2D eigenvalue weighted by atomic mass is 10.1. The lowest BCUT2D eigenvalue weighted by Gasteiger charge is -2.13. The van der Waals surface area contributed by atoms with Crippen molar-refractivity contribution in [3.8, 4) is 0 Å². The van der Waals surface area contributed by atoms with Crippen molar-refractivity contribution < 1.29 is 31.1 Å². The summed E-state index contributed by atoms with van der Waals surface area (Å²) >= 11 is 2.18. The predicted octanol–water partition coefficient (Wildman–Crippen LogP) is 5.28. The summed E-state index contributed by atoms with van der Waals surface area (Å²) in [5.74, 6) is -0.722. The van der Waals surface area contributed by atoms with E-state index >= 15 is 0 Å². The van der Waals surface area contributed by atoms with Crippen LogP contribution in [0.4, 0.5) is 26.3 Å². The first-order chi connectivity index (χ1) is 8.90. The molecule has 0 radical (unpaired) electrons. The molecule has 1 aromatic carbocycles. The molecule has 0 aliphatic heterocycles. The van der Waals surface area contributed by atoms with E-state index in [9.17, 15) is 31.1 Å². The summed E-state index contributed by atoms with van der Waals surface area (Å²) in [7, 11) is 0. The van der Waals surface area contributed by atoms with Crippen LogP contribution in [0.25, 0.3) is 0 Å². The number of hydrogen-bond donors (Lipinski definition) is 0. The Bertz CT molecular complexity index is 509. The van der Waals surface area contributed by atoms with Crippen LogP contribution in [0.5, 0.6) is 0 Å². The molecular weight excluding hydrogens is 374 g/mol. The number of hydrogen-bond acceptors (Lipinski definition) is 2. The Hall–Kier alpha value is -0.700. The van der Waals surface area contributed by atoms with E-state index in [1.165, 1.54) is 6.92 Å². The molecular formula is C11H7BrF6OS. The van der Waals surface area contributed by atoms with E-state index in [-0.39, 0.29) is 0 Å². The van der Waals surface area contributed by atoms with Crippen LogP contribution in [0, 0.1) is 0 Å². The quantitative estimate of drug-likeness (QED) is 0.307. The lowest BCUT2D eigenvalue weighted by molar-refractivity contribution is -0.137. The van der Waals surface area contributed by atoms with E-state index in [1.54, 1.807) is 0 Å². The van der Waals surface area contributed by atoms with Gasteiger partial charge in [-0.3, -0.25) is 4.79 Å². The van der Waals surface area contributed by atoms with E-state index in [2.05, 4.69) is 15.9 Å². The fraction of sp³-hybridized carbons (Fsp3) is 0.364. The van der Waals surface area contributed by atoms with Crippen LogP contribution in [0.2, 0.25) is 0 Å². The minimum Gasteiger partial charge on any atom is -0.293 e.